The number of anilines is 3. The van der Waals surface area contributed by atoms with Crippen molar-refractivity contribution in [2.45, 2.75) is 57.7 Å². The van der Waals surface area contributed by atoms with E-state index in [1.807, 2.05) is 48.7 Å². The van der Waals surface area contributed by atoms with Gasteiger partial charge in [-0.1, -0.05) is 17.7 Å². The van der Waals surface area contributed by atoms with Crippen LogP contribution in [0.1, 0.15) is 51.5 Å². The monoisotopic (exact) mass is 889 g/mol. The first-order valence-electron chi connectivity index (χ1n) is 22.2. The zero-order valence-corrected chi connectivity index (χ0v) is 37.7. The molecular weight excluding hydrogens is 834 g/mol. The lowest BCUT2D eigenvalue weighted by atomic mass is 9.79. The van der Waals surface area contributed by atoms with Crippen LogP contribution in [0.4, 0.5) is 17.5 Å². The number of pyridine rings is 2. The smallest absolute Gasteiger partial charge is 0.293 e. The molecule has 3 fully saturated rings. The van der Waals surface area contributed by atoms with Crippen LogP contribution in [0.15, 0.2) is 76.7 Å². The average Bonchev–Trinajstić information content (AvgIpc) is 3.75. The molecule has 1 amide bonds. The number of aryl methyl sites for hydroxylation is 2. The minimum atomic E-state index is -1.02. The second kappa shape index (κ2) is 17.6. The van der Waals surface area contributed by atoms with Gasteiger partial charge in [0.25, 0.3) is 17.0 Å². The molecule has 1 aliphatic carbocycles. The van der Waals surface area contributed by atoms with Crippen LogP contribution in [0.2, 0.25) is 5.02 Å². The lowest BCUT2D eigenvalue weighted by molar-refractivity contribution is -0.122. The molecule has 2 aliphatic heterocycles. The molecule has 0 radical (unpaired) electrons. The number of nitrogens with zero attached hydrogens (tertiary/aromatic N) is 6. The Hall–Kier alpha value is -5.90. The van der Waals surface area contributed by atoms with Crippen molar-refractivity contribution in [2.24, 2.45) is 31.8 Å². The van der Waals surface area contributed by atoms with Crippen molar-refractivity contribution in [3.05, 3.63) is 98.4 Å². The minimum Gasteiger partial charge on any atom is -0.490 e. The molecule has 336 valence electrons. The second-order valence-electron chi connectivity index (χ2n) is 18.4. The van der Waals surface area contributed by atoms with Gasteiger partial charge in [0.1, 0.15) is 16.3 Å². The predicted molar refractivity (Wildman–Crippen MR) is 250 cm³/mol. The highest BCUT2D eigenvalue weighted by molar-refractivity contribution is 6.33. The number of amides is 1. The van der Waals surface area contributed by atoms with Crippen molar-refractivity contribution >= 4 is 56.8 Å². The summed E-state index contributed by atoms with van der Waals surface area (Å²) in [6.07, 6.45) is 10.8. The average molecular weight is 890 g/mol. The molecule has 1 saturated carbocycles. The van der Waals surface area contributed by atoms with Gasteiger partial charge in [-0.3, -0.25) is 14.4 Å². The number of piperidine rings is 1. The van der Waals surface area contributed by atoms with E-state index in [1.54, 1.807) is 51.0 Å². The molecule has 2 saturated heterocycles. The van der Waals surface area contributed by atoms with Crippen molar-refractivity contribution in [1.82, 2.24) is 34.3 Å². The van der Waals surface area contributed by atoms with Crippen molar-refractivity contribution < 1.29 is 19.4 Å². The molecule has 0 spiro atoms. The van der Waals surface area contributed by atoms with E-state index in [2.05, 4.69) is 30.4 Å². The van der Waals surface area contributed by atoms with Gasteiger partial charge in [0.05, 0.1) is 23.4 Å². The Morgan fingerprint density at radius 2 is 1.75 bits per heavy atom. The van der Waals surface area contributed by atoms with Crippen LogP contribution >= 0.6 is 11.6 Å². The number of nitrogens with one attached hydrogen (secondary N) is 3. The van der Waals surface area contributed by atoms with Gasteiger partial charge in [0.2, 0.25) is 5.95 Å². The normalized spacial score (nSPS) is 18.5. The van der Waals surface area contributed by atoms with Gasteiger partial charge >= 0.3 is 0 Å². The van der Waals surface area contributed by atoms with Crippen molar-refractivity contribution in [3.63, 3.8) is 0 Å². The molecule has 16 heteroatoms. The zero-order chi connectivity index (χ0) is 44.9. The van der Waals surface area contributed by atoms with E-state index in [1.165, 1.54) is 18.0 Å². The fourth-order valence-corrected chi connectivity index (χ4v) is 9.71. The Bertz CT molecular complexity index is 2830. The lowest BCUT2D eigenvalue weighted by Gasteiger charge is -2.46. The molecule has 15 nitrogen and oxygen atoms in total. The SMILES string of the molecule is CNC(=O)COc1cc2cc(Nc3nc(N4CCC(CC5CN(CC6CC(Oc7ccc(C(C)(C)O)cc7-c7cn(C)c(=O)c8[nH]ccc78)C6)C5)CC4)ncc3Cl)ccc2n(C)c1=O. The molecule has 9 rings (SSSR count). The van der Waals surface area contributed by atoms with Crippen molar-refractivity contribution in [2.75, 3.05) is 56.6 Å². The standard InChI is InChI=1S/C48H56ClN9O6/c1-48(2,62)32-6-9-40(36(21-32)37-26-55(4)46(61)43-35(37)10-13-51-43)64-34-17-29(18-34)23-57-24-30(25-57)16-28-11-14-58(15-12-28)47-52-22-38(49)44(54-47)53-33-7-8-39-31(19-33)20-41(45(60)56(39)5)63-27-42(59)50-3/h6-10,13,19-22,26,28-30,34,51,62H,11-12,14-18,23-25,27H2,1-5H3,(H,50,59)(H,52,53,54). The first-order chi connectivity index (χ1) is 30.7. The number of carbonyl (C=O) groups excluding carboxylic acids is 1. The maximum absolute atomic E-state index is 12.8. The Labute approximate surface area is 376 Å². The van der Waals surface area contributed by atoms with Crippen LogP contribution < -0.4 is 36.1 Å². The quantitative estimate of drug-likeness (QED) is 0.0965. The summed E-state index contributed by atoms with van der Waals surface area (Å²) >= 11 is 6.59. The first kappa shape index (κ1) is 43.4. The van der Waals surface area contributed by atoms with Crippen LogP contribution in [0.3, 0.4) is 0 Å². The number of aromatic amines is 1. The Kier molecular flexibility index (Phi) is 11.9. The number of rotatable bonds is 14. The molecule has 4 aromatic heterocycles. The molecular formula is C48H56ClN9O6. The van der Waals surface area contributed by atoms with Crippen LogP contribution in [-0.4, -0.2) is 92.5 Å². The largest absolute Gasteiger partial charge is 0.490 e. The number of H-pyrrole nitrogens is 1. The maximum Gasteiger partial charge on any atom is 0.293 e. The Balaban J connectivity index is 0.745. The number of hydrogen-bond acceptors (Lipinski definition) is 11. The molecule has 2 aromatic carbocycles. The van der Waals surface area contributed by atoms with Crippen molar-refractivity contribution in [3.8, 4) is 22.6 Å². The van der Waals surface area contributed by atoms with Gasteiger partial charge in [-0.2, -0.15) is 4.98 Å². The lowest BCUT2D eigenvalue weighted by Crippen LogP contribution is -2.52. The molecule has 3 aliphatic rings. The Morgan fingerprint density at radius 3 is 2.50 bits per heavy atom. The summed E-state index contributed by atoms with van der Waals surface area (Å²) in [6.45, 7) is 8.47. The maximum atomic E-state index is 12.8. The number of aliphatic hydroxyl groups is 1. The highest BCUT2D eigenvalue weighted by atomic mass is 35.5. The van der Waals surface area contributed by atoms with Gasteiger partial charge in [0.15, 0.2) is 18.2 Å². The molecule has 4 N–H and O–H groups in total. The van der Waals surface area contributed by atoms with E-state index in [0.717, 1.165) is 103 Å². The van der Waals surface area contributed by atoms with E-state index in [-0.39, 0.29) is 35.5 Å². The fourth-order valence-electron chi connectivity index (χ4n) is 9.57. The fraction of sp³-hybridized carbons (Fsp3) is 0.438. The first-order valence-corrected chi connectivity index (χ1v) is 22.5. The highest BCUT2D eigenvalue weighted by Gasteiger charge is 2.37. The molecule has 64 heavy (non-hydrogen) atoms. The number of likely N-dealkylation sites (tertiary alicyclic amines) is 1. The number of aromatic nitrogens is 5. The summed E-state index contributed by atoms with van der Waals surface area (Å²) in [4.78, 5) is 54.7. The van der Waals surface area contributed by atoms with E-state index >= 15 is 0 Å². The third-order valence-electron chi connectivity index (χ3n) is 13.3. The van der Waals surface area contributed by atoms with Crippen LogP contribution in [0, 0.1) is 17.8 Å². The third-order valence-corrected chi connectivity index (χ3v) is 13.6. The number of fused-ring (bicyclic) bond motifs is 2. The molecule has 0 bridgehead atoms. The molecule has 0 unspecified atom stereocenters. The number of hydrogen-bond donors (Lipinski definition) is 4. The van der Waals surface area contributed by atoms with Gasteiger partial charge in [0, 0.05) is 93.8 Å². The van der Waals surface area contributed by atoms with Gasteiger partial charge < -0.3 is 49.1 Å². The number of benzene rings is 2. The topological polar surface area (TPSA) is 172 Å². The summed E-state index contributed by atoms with van der Waals surface area (Å²) in [7, 11) is 4.94. The third kappa shape index (κ3) is 8.93. The summed E-state index contributed by atoms with van der Waals surface area (Å²) in [5, 5.41) is 18.7. The summed E-state index contributed by atoms with van der Waals surface area (Å²) in [5.74, 6) is 3.67. The van der Waals surface area contributed by atoms with Crippen LogP contribution in [0.5, 0.6) is 11.5 Å². The highest BCUT2D eigenvalue weighted by Crippen LogP contribution is 2.41. The molecule has 6 heterocycles. The zero-order valence-electron chi connectivity index (χ0n) is 37.0. The van der Waals surface area contributed by atoms with E-state index < -0.39 is 5.60 Å². The molecule has 0 atom stereocenters. The second-order valence-corrected chi connectivity index (χ2v) is 18.8. The number of halogens is 1. The van der Waals surface area contributed by atoms with E-state index in [4.69, 9.17) is 26.1 Å². The van der Waals surface area contributed by atoms with Gasteiger partial charge in [-0.15, -0.1) is 0 Å². The summed E-state index contributed by atoms with van der Waals surface area (Å²) < 4.78 is 15.3. The number of carbonyl (C=O) groups is 1. The summed E-state index contributed by atoms with van der Waals surface area (Å²) in [5.41, 5.74) is 3.12. The predicted octanol–water partition coefficient (Wildman–Crippen LogP) is 6.32. The van der Waals surface area contributed by atoms with E-state index in [9.17, 15) is 19.5 Å². The van der Waals surface area contributed by atoms with Gasteiger partial charge in [-0.05, 0) is 112 Å². The van der Waals surface area contributed by atoms with Crippen molar-refractivity contribution in [1.29, 1.82) is 0 Å². The van der Waals surface area contributed by atoms with Crippen LogP contribution in [-0.2, 0) is 24.5 Å². The summed E-state index contributed by atoms with van der Waals surface area (Å²) in [6, 6.07) is 15.1. The number of ether oxygens (including phenoxy) is 2. The minimum absolute atomic E-state index is 0.0832. The van der Waals surface area contributed by atoms with Crippen LogP contribution in [0.25, 0.3) is 32.9 Å². The Morgan fingerprint density at radius 1 is 0.969 bits per heavy atom. The van der Waals surface area contributed by atoms with Gasteiger partial charge in [-0.25, -0.2) is 4.98 Å². The van der Waals surface area contributed by atoms with E-state index in [0.29, 0.717) is 39.7 Å². The molecule has 6 aromatic rings. The number of likely N-dealkylation sites (N-methyl/N-ethyl adjacent to an activating group) is 1.